The fourth-order valence-corrected chi connectivity index (χ4v) is 1.00. The predicted molar refractivity (Wildman–Crippen MR) is 38.0 cm³/mol. The molecular weight excluding hydrogens is 182 g/mol. The fraction of sp³-hybridized carbons (Fsp3) is 0.167. The van der Waals surface area contributed by atoms with E-state index in [-0.39, 0.29) is 0 Å². The van der Waals surface area contributed by atoms with Crippen LogP contribution in [0.5, 0.6) is 0 Å². The van der Waals surface area contributed by atoms with E-state index >= 15 is 0 Å². The molecule has 0 saturated heterocycles. The second kappa shape index (κ2) is 2.82. The Morgan fingerprint density at radius 2 is 2.33 bits per heavy atom. The monoisotopic (exact) mass is 187 g/mol. The first-order chi connectivity index (χ1) is 4.34. The lowest BCUT2D eigenvalue weighted by Crippen LogP contribution is -2.29. The van der Waals surface area contributed by atoms with Crippen LogP contribution >= 0.6 is 15.9 Å². The van der Waals surface area contributed by atoms with E-state index in [0.29, 0.717) is 5.33 Å². The third-order valence-corrected chi connectivity index (χ3v) is 1.62. The Hall–Kier alpha value is -0.570. The fourth-order valence-electron chi connectivity index (χ4n) is 0.567. The summed E-state index contributed by atoms with van der Waals surface area (Å²) in [6, 6.07) is 5.33. The molecule has 0 saturated carbocycles. The third-order valence-electron chi connectivity index (χ3n) is 1.04. The smallest absolute Gasteiger partial charge is 0.203 e. The van der Waals surface area contributed by atoms with Gasteiger partial charge in [0.25, 0.3) is 0 Å². The third kappa shape index (κ3) is 1.42. The molecule has 9 heavy (non-hydrogen) atoms. The van der Waals surface area contributed by atoms with Gasteiger partial charge in [-0.25, -0.2) is 0 Å². The van der Waals surface area contributed by atoms with Crippen molar-refractivity contribution in [2.75, 3.05) is 0 Å². The average molecular weight is 188 g/mol. The highest BCUT2D eigenvalue weighted by Crippen LogP contribution is 1.96. The maximum absolute atomic E-state index is 10.7. The zero-order chi connectivity index (χ0) is 6.69. The number of pyridine rings is 1. The molecule has 3 heteroatoms. The van der Waals surface area contributed by atoms with Crippen LogP contribution in [0.3, 0.4) is 0 Å². The van der Waals surface area contributed by atoms with Crippen molar-refractivity contribution in [3.05, 3.63) is 35.3 Å². The van der Waals surface area contributed by atoms with Gasteiger partial charge in [-0.15, -0.1) is 0 Å². The minimum atomic E-state index is 0.608. The highest BCUT2D eigenvalue weighted by molar-refractivity contribution is 9.08. The van der Waals surface area contributed by atoms with Crippen molar-refractivity contribution >= 4 is 15.9 Å². The minimum absolute atomic E-state index is 0.608. The van der Waals surface area contributed by atoms with Crippen molar-refractivity contribution in [3.8, 4) is 0 Å². The van der Waals surface area contributed by atoms with Gasteiger partial charge in [0, 0.05) is 12.1 Å². The lowest BCUT2D eigenvalue weighted by molar-refractivity contribution is -0.612. The Balaban J connectivity index is 3.01. The average Bonchev–Trinajstić information content (AvgIpc) is 1.89. The summed E-state index contributed by atoms with van der Waals surface area (Å²) in [5.74, 6) is 0. The summed E-state index contributed by atoms with van der Waals surface area (Å²) in [7, 11) is 0. The van der Waals surface area contributed by atoms with Crippen LogP contribution < -0.4 is 4.73 Å². The van der Waals surface area contributed by atoms with Crippen LogP contribution in [0.15, 0.2) is 24.4 Å². The lowest BCUT2D eigenvalue weighted by atomic mass is 10.4. The molecule has 1 heterocycles. The molecule has 0 N–H and O–H groups in total. The number of nitrogens with zero attached hydrogens (tertiary/aromatic N) is 1. The minimum Gasteiger partial charge on any atom is -0.618 e. The van der Waals surface area contributed by atoms with Gasteiger partial charge >= 0.3 is 0 Å². The van der Waals surface area contributed by atoms with Crippen molar-refractivity contribution in [2.24, 2.45) is 0 Å². The van der Waals surface area contributed by atoms with E-state index in [4.69, 9.17) is 0 Å². The molecule has 0 radical (unpaired) electrons. The second-order valence-corrected chi connectivity index (χ2v) is 2.21. The SMILES string of the molecule is [O-][n+]1ccccc1CBr. The summed E-state index contributed by atoms with van der Waals surface area (Å²) in [6.07, 6.45) is 1.48. The van der Waals surface area contributed by atoms with E-state index in [9.17, 15) is 5.21 Å². The second-order valence-electron chi connectivity index (χ2n) is 1.65. The van der Waals surface area contributed by atoms with Crippen LogP contribution in [0.4, 0.5) is 0 Å². The van der Waals surface area contributed by atoms with Crippen LogP contribution in [0.1, 0.15) is 5.69 Å². The van der Waals surface area contributed by atoms with Gasteiger partial charge in [0.2, 0.25) is 5.69 Å². The van der Waals surface area contributed by atoms with Gasteiger partial charge < -0.3 is 5.21 Å². The van der Waals surface area contributed by atoms with Crippen LogP contribution in [0, 0.1) is 5.21 Å². The highest BCUT2D eigenvalue weighted by atomic mass is 79.9. The maximum atomic E-state index is 10.7. The molecule has 48 valence electrons. The Bertz CT molecular complexity index is 202. The summed E-state index contributed by atoms with van der Waals surface area (Å²) < 4.78 is 0.842. The quantitative estimate of drug-likeness (QED) is 0.369. The first-order valence-corrected chi connectivity index (χ1v) is 3.70. The van der Waals surface area contributed by atoms with E-state index in [1.54, 1.807) is 12.1 Å². The zero-order valence-corrected chi connectivity index (χ0v) is 6.34. The molecule has 0 bridgehead atoms. The number of hydrogen-bond acceptors (Lipinski definition) is 1. The van der Waals surface area contributed by atoms with Crippen molar-refractivity contribution < 1.29 is 4.73 Å². The van der Waals surface area contributed by atoms with Crippen molar-refractivity contribution in [3.63, 3.8) is 0 Å². The molecule has 0 fully saturated rings. The van der Waals surface area contributed by atoms with E-state index in [1.807, 2.05) is 6.07 Å². The van der Waals surface area contributed by atoms with Crippen molar-refractivity contribution in [1.29, 1.82) is 0 Å². The standard InChI is InChI=1S/C6H6BrNO/c7-5-6-3-1-2-4-8(6)9/h1-4H,5H2. The Labute approximate surface area is 61.8 Å². The van der Waals surface area contributed by atoms with Crippen LogP contribution in [0.2, 0.25) is 0 Å². The van der Waals surface area contributed by atoms with Crippen LogP contribution in [-0.2, 0) is 5.33 Å². The molecule has 0 aliphatic rings. The molecule has 0 spiro atoms. The molecule has 1 aromatic rings. The van der Waals surface area contributed by atoms with Crippen LogP contribution in [0.25, 0.3) is 0 Å². The molecule has 2 nitrogen and oxygen atoms in total. The molecule has 0 amide bonds. The Kier molecular flexibility index (Phi) is 2.05. The summed E-state index contributed by atoms with van der Waals surface area (Å²) in [5.41, 5.74) is 0.734. The summed E-state index contributed by atoms with van der Waals surface area (Å²) >= 11 is 3.19. The molecule has 0 aliphatic carbocycles. The van der Waals surface area contributed by atoms with Gasteiger partial charge in [0.05, 0.1) is 5.33 Å². The molecule has 0 aromatic carbocycles. The van der Waals surface area contributed by atoms with E-state index < -0.39 is 0 Å². The summed E-state index contributed by atoms with van der Waals surface area (Å²) in [6.45, 7) is 0. The maximum Gasteiger partial charge on any atom is 0.203 e. The largest absolute Gasteiger partial charge is 0.618 e. The molecule has 0 aliphatic heterocycles. The van der Waals surface area contributed by atoms with Gasteiger partial charge in [-0.3, -0.25) is 0 Å². The Morgan fingerprint density at radius 1 is 1.56 bits per heavy atom. The Morgan fingerprint density at radius 3 is 2.78 bits per heavy atom. The molecule has 0 unspecified atom stereocenters. The van der Waals surface area contributed by atoms with Crippen molar-refractivity contribution in [2.45, 2.75) is 5.33 Å². The van der Waals surface area contributed by atoms with Gasteiger partial charge in [-0.2, -0.15) is 4.73 Å². The predicted octanol–water partition coefficient (Wildman–Crippen LogP) is 1.21. The number of alkyl halides is 1. The lowest BCUT2D eigenvalue weighted by Gasteiger charge is -1.97. The molecule has 1 rings (SSSR count). The molecule has 0 atom stereocenters. The normalized spacial score (nSPS) is 9.44. The molecular formula is C6H6BrNO. The first kappa shape index (κ1) is 6.55. The van der Waals surface area contributed by atoms with E-state index in [1.165, 1.54) is 6.20 Å². The van der Waals surface area contributed by atoms with E-state index in [0.717, 1.165) is 10.4 Å². The number of rotatable bonds is 1. The van der Waals surface area contributed by atoms with Gasteiger partial charge in [0.15, 0.2) is 6.20 Å². The van der Waals surface area contributed by atoms with Gasteiger partial charge in [-0.1, -0.05) is 15.9 Å². The first-order valence-electron chi connectivity index (χ1n) is 2.57. The number of halogens is 1. The van der Waals surface area contributed by atoms with E-state index in [2.05, 4.69) is 15.9 Å². The highest BCUT2D eigenvalue weighted by Gasteiger charge is 1.97. The summed E-state index contributed by atoms with van der Waals surface area (Å²) in [5, 5.41) is 11.3. The zero-order valence-electron chi connectivity index (χ0n) is 4.75. The molecule has 1 aromatic heterocycles. The van der Waals surface area contributed by atoms with Gasteiger partial charge in [0.1, 0.15) is 0 Å². The summed E-state index contributed by atoms with van der Waals surface area (Å²) in [4.78, 5) is 0. The topological polar surface area (TPSA) is 26.9 Å². The number of aromatic nitrogens is 1. The van der Waals surface area contributed by atoms with Crippen molar-refractivity contribution in [1.82, 2.24) is 0 Å². The number of hydrogen-bond donors (Lipinski definition) is 0. The van der Waals surface area contributed by atoms with Gasteiger partial charge in [-0.05, 0) is 6.07 Å². The van der Waals surface area contributed by atoms with Crippen LogP contribution in [-0.4, -0.2) is 0 Å².